The number of hydrogen-bond acceptors (Lipinski definition) is 2. The largest absolute Gasteiger partial charge is 0.383 e. The highest BCUT2D eigenvalue weighted by molar-refractivity contribution is 5.74. The average molecular weight is 236 g/mol. The summed E-state index contributed by atoms with van der Waals surface area (Å²) in [5, 5.41) is 5.59. The molecule has 0 aliphatic heterocycles. The van der Waals surface area contributed by atoms with E-state index < -0.39 is 0 Å². The van der Waals surface area contributed by atoms with Gasteiger partial charge >= 0.3 is 6.03 Å². The first-order chi connectivity index (χ1) is 8.11. The van der Waals surface area contributed by atoms with E-state index in [0.29, 0.717) is 13.2 Å². The second kappa shape index (κ2) is 6.91. The maximum atomic E-state index is 11.5. The lowest BCUT2D eigenvalue weighted by Gasteiger charge is -2.13. The van der Waals surface area contributed by atoms with Crippen molar-refractivity contribution in [3.8, 4) is 0 Å². The van der Waals surface area contributed by atoms with E-state index in [0.717, 1.165) is 5.56 Å². The zero-order chi connectivity index (χ0) is 12.7. The van der Waals surface area contributed by atoms with Gasteiger partial charge in [0.15, 0.2) is 0 Å². The minimum Gasteiger partial charge on any atom is -0.383 e. The van der Waals surface area contributed by atoms with E-state index in [9.17, 15) is 4.79 Å². The zero-order valence-electron chi connectivity index (χ0n) is 10.6. The van der Waals surface area contributed by atoms with Crippen molar-refractivity contribution >= 4 is 6.03 Å². The van der Waals surface area contributed by atoms with Crippen LogP contribution in [0.4, 0.5) is 4.79 Å². The van der Waals surface area contributed by atoms with Gasteiger partial charge in [-0.15, -0.1) is 0 Å². The number of benzene rings is 1. The summed E-state index contributed by atoms with van der Waals surface area (Å²) in [7, 11) is 1.61. The fourth-order valence-corrected chi connectivity index (χ4v) is 1.45. The van der Waals surface area contributed by atoms with Crippen LogP contribution in [0.15, 0.2) is 24.3 Å². The number of aryl methyl sites for hydroxylation is 1. The van der Waals surface area contributed by atoms with Crippen LogP contribution in [-0.4, -0.2) is 25.8 Å². The van der Waals surface area contributed by atoms with E-state index in [1.165, 1.54) is 5.56 Å². The lowest BCUT2D eigenvalue weighted by Crippen LogP contribution is -2.42. The Balaban J connectivity index is 2.30. The monoisotopic (exact) mass is 236 g/mol. The molecule has 0 aliphatic rings. The highest BCUT2D eigenvalue weighted by atomic mass is 16.5. The number of nitrogens with one attached hydrogen (secondary N) is 2. The Bertz CT molecular complexity index is 349. The maximum absolute atomic E-state index is 11.5. The first-order valence-electron chi connectivity index (χ1n) is 5.70. The molecule has 4 nitrogen and oxygen atoms in total. The van der Waals surface area contributed by atoms with Crippen molar-refractivity contribution in [2.24, 2.45) is 0 Å². The number of carbonyl (C=O) groups excluding carboxylic acids is 1. The fourth-order valence-electron chi connectivity index (χ4n) is 1.45. The van der Waals surface area contributed by atoms with Gasteiger partial charge in [0.2, 0.25) is 0 Å². The van der Waals surface area contributed by atoms with Crippen molar-refractivity contribution in [3.05, 3.63) is 35.4 Å². The van der Waals surface area contributed by atoms with Crippen molar-refractivity contribution in [1.82, 2.24) is 10.6 Å². The summed E-state index contributed by atoms with van der Waals surface area (Å²) < 4.78 is 4.94. The minimum absolute atomic E-state index is 0.0121. The van der Waals surface area contributed by atoms with Gasteiger partial charge in [0, 0.05) is 13.7 Å². The molecule has 0 heterocycles. The Kier molecular flexibility index (Phi) is 5.49. The Labute approximate surface area is 102 Å². The second-order valence-electron chi connectivity index (χ2n) is 4.17. The Hall–Kier alpha value is -1.55. The van der Waals surface area contributed by atoms with Crippen molar-refractivity contribution in [2.45, 2.75) is 26.4 Å². The molecule has 0 fully saturated rings. The molecule has 17 heavy (non-hydrogen) atoms. The molecular formula is C13H20N2O2. The van der Waals surface area contributed by atoms with E-state index >= 15 is 0 Å². The molecule has 0 aromatic heterocycles. The first-order valence-corrected chi connectivity index (χ1v) is 5.70. The molecule has 0 saturated heterocycles. The molecule has 1 unspecified atom stereocenters. The van der Waals surface area contributed by atoms with E-state index in [4.69, 9.17) is 4.74 Å². The lowest BCUT2D eigenvalue weighted by atomic mass is 10.1. The highest BCUT2D eigenvalue weighted by Gasteiger charge is 2.05. The highest BCUT2D eigenvalue weighted by Crippen LogP contribution is 2.02. The lowest BCUT2D eigenvalue weighted by molar-refractivity contribution is 0.171. The van der Waals surface area contributed by atoms with Gasteiger partial charge in [-0.3, -0.25) is 0 Å². The number of carbonyl (C=O) groups is 1. The maximum Gasteiger partial charge on any atom is 0.315 e. The van der Waals surface area contributed by atoms with Gasteiger partial charge in [-0.2, -0.15) is 0 Å². The Morgan fingerprint density at radius 3 is 2.59 bits per heavy atom. The van der Waals surface area contributed by atoms with Crippen molar-refractivity contribution < 1.29 is 9.53 Å². The van der Waals surface area contributed by atoms with E-state index in [1.54, 1.807) is 7.11 Å². The Morgan fingerprint density at radius 1 is 1.35 bits per heavy atom. The molecule has 0 aliphatic carbocycles. The van der Waals surface area contributed by atoms with Crippen molar-refractivity contribution in [3.63, 3.8) is 0 Å². The zero-order valence-corrected chi connectivity index (χ0v) is 10.6. The summed E-state index contributed by atoms with van der Waals surface area (Å²) in [5.41, 5.74) is 2.30. The van der Waals surface area contributed by atoms with Crippen LogP contribution in [0.25, 0.3) is 0 Å². The molecular weight excluding hydrogens is 216 g/mol. The molecule has 0 bridgehead atoms. The standard InChI is InChI=1S/C13H20N2O2/c1-10-4-6-12(7-5-10)8-14-13(16)15-11(2)9-17-3/h4-7,11H,8-9H2,1-3H3,(H2,14,15,16). The van der Waals surface area contributed by atoms with Gasteiger partial charge in [-0.1, -0.05) is 29.8 Å². The number of urea groups is 1. The molecule has 1 aromatic carbocycles. The third-order valence-electron chi connectivity index (χ3n) is 2.37. The molecule has 2 amide bonds. The molecule has 0 radical (unpaired) electrons. The predicted octanol–water partition coefficient (Wildman–Crippen LogP) is 1.83. The number of methoxy groups -OCH3 is 1. The first kappa shape index (κ1) is 13.5. The summed E-state index contributed by atoms with van der Waals surface area (Å²) in [6, 6.07) is 7.92. The second-order valence-corrected chi connectivity index (χ2v) is 4.17. The smallest absolute Gasteiger partial charge is 0.315 e. The van der Waals surface area contributed by atoms with Crippen LogP contribution in [0, 0.1) is 6.92 Å². The van der Waals surface area contributed by atoms with Crippen LogP contribution in [-0.2, 0) is 11.3 Å². The van der Waals surface area contributed by atoms with Crippen LogP contribution in [0.3, 0.4) is 0 Å². The molecule has 1 rings (SSSR count). The number of ether oxygens (including phenoxy) is 1. The summed E-state index contributed by atoms with van der Waals surface area (Å²) in [6.07, 6.45) is 0. The third kappa shape index (κ3) is 5.36. The summed E-state index contributed by atoms with van der Waals surface area (Å²) in [5.74, 6) is 0. The summed E-state index contributed by atoms with van der Waals surface area (Å²) in [6.45, 7) is 4.98. The van der Waals surface area contributed by atoms with Gasteiger partial charge < -0.3 is 15.4 Å². The van der Waals surface area contributed by atoms with E-state index in [-0.39, 0.29) is 12.1 Å². The van der Waals surface area contributed by atoms with Gasteiger partial charge in [0.1, 0.15) is 0 Å². The topological polar surface area (TPSA) is 50.4 Å². The van der Waals surface area contributed by atoms with Crippen LogP contribution in [0.5, 0.6) is 0 Å². The number of hydrogen-bond donors (Lipinski definition) is 2. The Morgan fingerprint density at radius 2 is 2.00 bits per heavy atom. The van der Waals surface area contributed by atoms with Crippen LogP contribution in [0.2, 0.25) is 0 Å². The molecule has 0 saturated carbocycles. The van der Waals surface area contributed by atoms with Crippen molar-refractivity contribution in [2.75, 3.05) is 13.7 Å². The fraction of sp³-hybridized carbons (Fsp3) is 0.462. The minimum atomic E-state index is -0.171. The number of rotatable bonds is 5. The van der Waals surface area contributed by atoms with Gasteiger partial charge in [0.25, 0.3) is 0 Å². The quantitative estimate of drug-likeness (QED) is 0.819. The normalized spacial score (nSPS) is 11.9. The molecule has 1 atom stereocenters. The van der Waals surface area contributed by atoms with Gasteiger partial charge in [-0.25, -0.2) is 4.79 Å². The molecule has 2 N–H and O–H groups in total. The predicted molar refractivity (Wildman–Crippen MR) is 67.9 cm³/mol. The van der Waals surface area contributed by atoms with E-state index in [1.807, 2.05) is 38.1 Å². The van der Waals surface area contributed by atoms with Crippen LogP contribution < -0.4 is 10.6 Å². The van der Waals surface area contributed by atoms with Crippen LogP contribution in [0.1, 0.15) is 18.1 Å². The van der Waals surface area contributed by atoms with Gasteiger partial charge in [-0.05, 0) is 19.4 Å². The third-order valence-corrected chi connectivity index (χ3v) is 2.37. The van der Waals surface area contributed by atoms with Crippen LogP contribution >= 0.6 is 0 Å². The van der Waals surface area contributed by atoms with E-state index in [2.05, 4.69) is 10.6 Å². The van der Waals surface area contributed by atoms with Gasteiger partial charge in [0.05, 0.1) is 12.6 Å². The summed E-state index contributed by atoms with van der Waals surface area (Å²) in [4.78, 5) is 11.5. The SMILES string of the molecule is COCC(C)NC(=O)NCc1ccc(C)cc1. The molecule has 4 heteroatoms. The average Bonchev–Trinajstić information content (AvgIpc) is 2.28. The number of amides is 2. The summed E-state index contributed by atoms with van der Waals surface area (Å²) >= 11 is 0. The molecule has 1 aromatic rings. The molecule has 0 spiro atoms. The van der Waals surface area contributed by atoms with Crippen molar-refractivity contribution in [1.29, 1.82) is 0 Å². The molecule has 94 valence electrons.